The van der Waals surface area contributed by atoms with Crippen LogP contribution in [0.25, 0.3) is 110 Å². The van der Waals surface area contributed by atoms with Crippen LogP contribution in [-0.2, 0) is 0 Å². The number of rotatable bonds is 4. The van der Waals surface area contributed by atoms with E-state index in [-0.39, 0.29) is 0 Å². The lowest BCUT2D eigenvalue weighted by Gasteiger charge is -2.15. The molecular formula is C52H32N2O. The lowest BCUT2D eigenvalue weighted by Crippen LogP contribution is -1.96. The summed E-state index contributed by atoms with van der Waals surface area (Å²) in [6, 6.07) is 70.3. The van der Waals surface area contributed by atoms with Gasteiger partial charge in [-0.25, -0.2) is 0 Å². The molecule has 3 heteroatoms. The van der Waals surface area contributed by atoms with Crippen LogP contribution in [0.2, 0.25) is 0 Å². The molecule has 0 bridgehead atoms. The summed E-state index contributed by atoms with van der Waals surface area (Å²) in [6.45, 7) is 0. The van der Waals surface area contributed by atoms with E-state index in [0.29, 0.717) is 0 Å². The van der Waals surface area contributed by atoms with Gasteiger partial charge in [-0.1, -0.05) is 127 Å². The minimum absolute atomic E-state index is 0.908. The molecule has 55 heavy (non-hydrogen) atoms. The van der Waals surface area contributed by atoms with Gasteiger partial charge in [0.25, 0.3) is 0 Å². The second-order valence-corrected chi connectivity index (χ2v) is 14.5. The SMILES string of the molecule is c1ccc(-n2c3ccccc3c3cc(-c4ccc5c(c4)c4ccccc4n5-c4cc(-c5cccc6c5oc5ccccc56)cc5ccccc45)ccc32)cc1. The number of para-hydroxylation sites is 5. The van der Waals surface area contributed by atoms with Crippen LogP contribution in [0.4, 0.5) is 0 Å². The van der Waals surface area contributed by atoms with Gasteiger partial charge < -0.3 is 13.6 Å². The zero-order chi connectivity index (χ0) is 36.0. The van der Waals surface area contributed by atoms with Crippen LogP contribution in [0.5, 0.6) is 0 Å². The van der Waals surface area contributed by atoms with Crippen molar-refractivity contribution in [1.82, 2.24) is 9.13 Å². The van der Waals surface area contributed by atoms with Crippen molar-refractivity contribution in [2.24, 2.45) is 0 Å². The highest BCUT2D eigenvalue weighted by molar-refractivity contribution is 6.14. The van der Waals surface area contributed by atoms with Gasteiger partial charge in [0, 0.05) is 49.0 Å². The summed E-state index contributed by atoms with van der Waals surface area (Å²) in [5, 5.41) is 9.63. The summed E-state index contributed by atoms with van der Waals surface area (Å²) in [4.78, 5) is 0. The Labute approximate surface area is 316 Å². The highest BCUT2D eigenvalue weighted by atomic mass is 16.3. The van der Waals surface area contributed by atoms with E-state index in [1.165, 1.54) is 71.2 Å². The van der Waals surface area contributed by atoms with Gasteiger partial charge in [0.2, 0.25) is 0 Å². The van der Waals surface area contributed by atoms with Crippen molar-refractivity contribution in [1.29, 1.82) is 0 Å². The Balaban J connectivity index is 1.07. The monoisotopic (exact) mass is 700 g/mol. The number of fused-ring (bicyclic) bond motifs is 10. The van der Waals surface area contributed by atoms with Crippen LogP contribution >= 0.6 is 0 Å². The molecule has 3 aromatic heterocycles. The van der Waals surface area contributed by atoms with Crippen molar-refractivity contribution in [2.75, 3.05) is 0 Å². The van der Waals surface area contributed by atoms with Crippen LogP contribution in [0.3, 0.4) is 0 Å². The lowest BCUT2D eigenvalue weighted by molar-refractivity contribution is 0.670. The van der Waals surface area contributed by atoms with Gasteiger partial charge in [-0.05, 0) is 88.8 Å². The Hall–Kier alpha value is -7.36. The molecule has 0 aliphatic carbocycles. The zero-order valence-corrected chi connectivity index (χ0v) is 29.8. The minimum atomic E-state index is 0.908. The molecule has 0 aliphatic heterocycles. The predicted molar refractivity (Wildman–Crippen MR) is 231 cm³/mol. The summed E-state index contributed by atoms with van der Waals surface area (Å²) in [6.07, 6.45) is 0. The molecule has 0 N–H and O–H groups in total. The maximum Gasteiger partial charge on any atom is 0.143 e. The van der Waals surface area contributed by atoms with Gasteiger partial charge in [-0.2, -0.15) is 0 Å². The Morgan fingerprint density at radius 3 is 1.64 bits per heavy atom. The van der Waals surface area contributed by atoms with Crippen LogP contribution in [0, 0.1) is 0 Å². The topological polar surface area (TPSA) is 23.0 Å². The summed E-state index contributed by atoms with van der Waals surface area (Å²) >= 11 is 0. The van der Waals surface area contributed by atoms with E-state index in [0.717, 1.165) is 38.8 Å². The van der Waals surface area contributed by atoms with E-state index in [9.17, 15) is 0 Å². The molecule has 0 radical (unpaired) electrons. The quantitative estimate of drug-likeness (QED) is 0.179. The molecule has 3 nitrogen and oxygen atoms in total. The molecule has 0 spiro atoms. The van der Waals surface area contributed by atoms with Gasteiger partial charge >= 0.3 is 0 Å². The molecule has 0 unspecified atom stereocenters. The summed E-state index contributed by atoms with van der Waals surface area (Å²) < 4.78 is 11.4. The predicted octanol–water partition coefficient (Wildman–Crippen LogP) is 14.3. The highest BCUT2D eigenvalue weighted by Gasteiger charge is 2.19. The van der Waals surface area contributed by atoms with Crippen LogP contribution in [-0.4, -0.2) is 9.13 Å². The molecule has 3 heterocycles. The molecule has 12 aromatic rings. The Morgan fingerprint density at radius 1 is 0.327 bits per heavy atom. The second kappa shape index (κ2) is 11.6. The fourth-order valence-electron chi connectivity index (χ4n) is 9.03. The first-order valence-electron chi connectivity index (χ1n) is 18.8. The number of furan rings is 1. The summed E-state index contributed by atoms with van der Waals surface area (Å²) in [7, 11) is 0. The van der Waals surface area contributed by atoms with E-state index in [1.807, 2.05) is 6.07 Å². The fourth-order valence-corrected chi connectivity index (χ4v) is 9.03. The van der Waals surface area contributed by atoms with Gasteiger partial charge in [-0.15, -0.1) is 0 Å². The maximum absolute atomic E-state index is 6.54. The maximum atomic E-state index is 6.54. The Morgan fingerprint density at radius 2 is 0.891 bits per heavy atom. The Bertz CT molecular complexity index is 3490. The molecule has 0 aliphatic rings. The molecule has 9 aromatic carbocycles. The first kappa shape index (κ1) is 30.1. The normalized spacial score (nSPS) is 12.0. The number of hydrogen-bond acceptors (Lipinski definition) is 1. The lowest BCUT2D eigenvalue weighted by atomic mass is 9.97. The number of aromatic nitrogens is 2. The third-order valence-corrected chi connectivity index (χ3v) is 11.5. The van der Waals surface area contributed by atoms with E-state index in [2.05, 4.69) is 197 Å². The molecule has 0 saturated heterocycles. The van der Waals surface area contributed by atoms with Crippen molar-refractivity contribution in [3.63, 3.8) is 0 Å². The number of benzene rings is 9. The molecular weight excluding hydrogens is 669 g/mol. The Kier molecular flexibility index (Phi) is 6.34. The first-order chi connectivity index (χ1) is 27.3. The van der Waals surface area contributed by atoms with Gasteiger partial charge in [0.15, 0.2) is 0 Å². The van der Waals surface area contributed by atoms with E-state index in [1.54, 1.807) is 0 Å². The number of hydrogen-bond donors (Lipinski definition) is 0. The highest BCUT2D eigenvalue weighted by Crippen LogP contribution is 2.42. The zero-order valence-electron chi connectivity index (χ0n) is 29.8. The second-order valence-electron chi connectivity index (χ2n) is 14.5. The molecule has 0 saturated carbocycles. The van der Waals surface area contributed by atoms with Crippen molar-refractivity contribution in [2.45, 2.75) is 0 Å². The molecule has 0 atom stereocenters. The van der Waals surface area contributed by atoms with Crippen LogP contribution in [0.1, 0.15) is 0 Å². The third kappa shape index (κ3) is 4.44. The van der Waals surface area contributed by atoms with E-state index < -0.39 is 0 Å². The average molecular weight is 701 g/mol. The largest absolute Gasteiger partial charge is 0.455 e. The van der Waals surface area contributed by atoms with Gasteiger partial charge in [0.1, 0.15) is 11.2 Å². The van der Waals surface area contributed by atoms with Gasteiger partial charge in [-0.3, -0.25) is 0 Å². The fraction of sp³-hybridized carbons (Fsp3) is 0. The molecule has 256 valence electrons. The van der Waals surface area contributed by atoms with Crippen LogP contribution in [0.15, 0.2) is 199 Å². The van der Waals surface area contributed by atoms with Gasteiger partial charge in [0.05, 0.1) is 27.8 Å². The van der Waals surface area contributed by atoms with Crippen molar-refractivity contribution in [3.05, 3.63) is 194 Å². The standard InChI is InChI=1S/C52H32N2O/c1-2-14-37(15-3-1)53-46-22-9-6-17-40(46)44-30-33(25-27-48(44)53)34-26-28-49-45(31-34)41-18-7-10-23-47(41)54(49)50-32-36(29-35-13-4-5-16-38(35)50)39-20-12-21-43-42-19-8-11-24-51(42)55-52(39)43/h1-32H. The first-order valence-corrected chi connectivity index (χ1v) is 18.8. The minimum Gasteiger partial charge on any atom is -0.455 e. The molecule has 12 rings (SSSR count). The van der Waals surface area contributed by atoms with Crippen LogP contribution < -0.4 is 0 Å². The van der Waals surface area contributed by atoms with Crippen molar-refractivity contribution in [3.8, 4) is 33.6 Å². The van der Waals surface area contributed by atoms with E-state index >= 15 is 0 Å². The molecule has 0 fully saturated rings. The van der Waals surface area contributed by atoms with Crippen molar-refractivity contribution < 1.29 is 4.42 Å². The number of nitrogens with zero attached hydrogens (tertiary/aromatic N) is 2. The smallest absolute Gasteiger partial charge is 0.143 e. The summed E-state index contributed by atoms with van der Waals surface area (Å²) in [5.41, 5.74) is 13.5. The molecule has 0 amide bonds. The van der Waals surface area contributed by atoms with Crippen molar-refractivity contribution >= 4 is 76.3 Å². The van der Waals surface area contributed by atoms with E-state index in [4.69, 9.17) is 4.42 Å². The average Bonchev–Trinajstić information content (AvgIpc) is 3.91. The summed E-state index contributed by atoms with van der Waals surface area (Å²) in [5.74, 6) is 0. The third-order valence-electron chi connectivity index (χ3n) is 11.5.